The molecule has 5 heteroatoms. The summed E-state index contributed by atoms with van der Waals surface area (Å²) in [5.41, 5.74) is 2.76. The van der Waals surface area contributed by atoms with E-state index in [2.05, 4.69) is 11.2 Å². The zero-order chi connectivity index (χ0) is 12.4. The lowest BCUT2D eigenvalue weighted by Crippen LogP contribution is -2.01. The molecule has 0 atom stereocenters. The van der Waals surface area contributed by atoms with E-state index in [1.165, 1.54) is 0 Å². The Labute approximate surface area is 109 Å². The summed E-state index contributed by atoms with van der Waals surface area (Å²) in [4.78, 5) is 0. The molecule has 0 N–H and O–H groups in total. The van der Waals surface area contributed by atoms with E-state index in [0.717, 1.165) is 5.69 Å². The van der Waals surface area contributed by atoms with Crippen molar-refractivity contribution in [3.8, 4) is 11.8 Å². The molecule has 0 unspecified atom stereocenters. The number of nitriles is 1. The second-order valence-corrected chi connectivity index (χ2v) is 4.24. The Morgan fingerprint density at radius 3 is 2.53 bits per heavy atom. The third-order valence-electron chi connectivity index (χ3n) is 2.47. The molecule has 0 aliphatic carbocycles. The van der Waals surface area contributed by atoms with Gasteiger partial charge in [0.25, 0.3) is 0 Å². The molecule has 0 saturated carbocycles. The van der Waals surface area contributed by atoms with E-state index in [1.54, 1.807) is 23.7 Å². The maximum absolute atomic E-state index is 9.05. The summed E-state index contributed by atoms with van der Waals surface area (Å²) >= 11 is 11.7. The van der Waals surface area contributed by atoms with Crippen molar-refractivity contribution in [2.75, 3.05) is 0 Å². The van der Waals surface area contributed by atoms with Gasteiger partial charge < -0.3 is 0 Å². The molecule has 1 aromatic carbocycles. The van der Waals surface area contributed by atoms with Crippen molar-refractivity contribution in [2.24, 2.45) is 0 Å². The van der Waals surface area contributed by atoms with Gasteiger partial charge in [-0.05, 0) is 31.2 Å². The Kier molecular flexibility index (Phi) is 3.37. The molecule has 17 heavy (non-hydrogen) atoms. The van der Waals surface area contributed by atoms with Gasteiger partial charge in [-0.15, -0.1) is 11.6 Å². The number of aromatic nitrogens is 2. The van der Waals surface area contributed by atoms with Crippen LogP contribution in [0, 0.1) is 18.3 Å². The van der Waals surface area contributed by atoms with Crippen molar-refractivity contribution in [2.45, 2.75) is 12.8 Å². The average Bonchev–Trinajstić information content (AvgIpc) is 2.66. The highest BCUT2D eigenvalue weighted by Gasteiger charge is 2.14. The molecule has 1 aromatic heterocycles. The smallest absolute Gasteiger partial charge is 0.103 e. The standard InChI is InChI=1S/C12H9Cl2N3/c1-8-11(7-15)12(6-13)17(16-8)10-4-2-9(14)3-5-10/h2-5H,6H2,1H3. The lowest BCUT2D eigenvalue weighted by molar-refractivity contribution is 0.827. The van der Waals surface area contributed by atoms with Crippen molar-refractivity contribution >= 4 is 23.2 Å². The minimum Gasteiger partial charge on any atom is -0.235 e. The van der Waals surface area contributed by atoms with E-state index in [9.17, 15) is 0 Å². The van der Waals surface area contributed by atoms with Crippen molar-refractivity contribution in [1.82, 2.24) is 9.78 Å². The quantitative estimate of drug-likeness (QED) is 0.781. The molecule has 0 aliphatic heterocycles. The molecule has 2 aromatic rings. The Morgan fingerprint density at radius 2 is 2.00 bits per heavy atom. The SMILES string of the molecule is Cc1nn(-c2ccc(Cl)cc2)c(CCl)c1C#N. The maximum Gasteiger partial charge on any atom is 0.103 e. The van der Waals surface area contributed by atoms with Crippen LogP contribution >= 0.6 is 23.2 Å². The number of hydrogen-bond acceptors (Lipinski definition) is 2. The summed E-state index contributed by atoms with van der Waals surface area (Å²) in [6.45, 7) is 1.79. The Bertz CT molecular complexity index is 579. The zero-order valence-electron chi connectivity index (χ0n) is 9.11. The predicted octanol–water partition coefficient (Wildman–Crippen LogP) is 3.44. The van der Waals surface area contributed by atoms with Crippen LogP contribution in [0.5, 0.6) is 0 Å². The van der Waals surface area contributed by atoms with Crippen LogP contribution in [-0.4, -0.2) is 9.78 Å². The molecule has 0 amide bonds. The molecule has 2 rings (SSSR count). The summed E-state index contributed by atoms with van der Waals surface area (Å²) in [5.74, 6) is 0.242. The first-order valence-corrected chi connectivity index (χ1v) is 5.89. The third kappa shape index (κ3) is 2.14. The minimum absolute atomic E-state index is 0.242. The van der Waals surface area contributed by atoms with E-state index in [0.29, 0.717) is 22.0 Å². The van der Waals surface area contributed by atoms with Crippen LogP contribution in [0.25, 0.3) is 5.69 Å². The first-order chi connectivity index (χ1) is 8.17. The molecule has 1 heterocycles. The van der Waals surface area contributed by atoms with Crippen molar-refractivity contribution in [3.05, 3.63) is 46.2 Å². The summed E-state index contributed by atoms with van der Waals surface area (Å²) in [6, 6.07) is 9.35. The maximum atomic E-state index is 9.05. The molecule has 0 radical (unpaired) electrons. The van der Waals surface area contributed by atoms with Crippen molar-refractivity contribution < 1.29 is 0 Å². The number of alkyl halides is 1. The van der Waals surface area contributed by atoms with Crippen molar-refractivity contribution in [1.29, 1.82) is 5.26 Å². The van der Waals surface area contributed by atoms with Gasteiger partial charge in [-0.25, -0.2) is 4.68 Å². The van der Waals surface area contributed by atoms with Gasteiger partial charge >= 0.3 is 0 Å². The van der Waals surface area contributed by atoms with Gasteiger partial charge in [0.15, 0.2) is 0 Å². The van der Waals surface area contributed by atoms with Gasteiger partial charge in [-0.1, -0.05) is 11.6 Å². The fourth-order valence-corrected chi connectivity index (χ4v) is 2.01. The Morgan fingerprint density at radius 1 is 1.35 bits per heavy atom. The van der Waals surface area contributed by atoms with Crippen molar-refractivity contribution in [3.63, 3.8) is 0 Å². The predicted molar refractivity (Wildman–Crippen MR) is 67.6 cm³/mol. The second kappa shape index (κ2) is 4.79. The van der Waals surface area contributed by atoms with Gasteiger partial charge in [-0.2, -0.15) is 10.4 Å². The third-order valence-corrected chi connectivity index (χ3v) is 2.97. The fraction of sp³-hybridized carbons (Fsp3) is 0.167. The highest BCUT2D eigenvalue weighted by atomic mass is 35.5. The first kappa shape index (κ1) is 12.0. The second-order valence-electron chi connectivity index (χ2n) is 3.54. The fourth-order valence-electron chi connectivity index (χ4n) is 1.64. The van der Waals surface area contributed by atoms with Gasteiger partial charge in [0, 0.05) is 5.02 Å². The molecule has 0 spiro atoms. The van der Waals surface area contributed by atoms with E-state index in [4.69, 9.17) is 28.5 Å². The lowest BCUT2D eigenvalue weighted by atomic mass is 10.2. The topological polar surface area (TPSA) is 41.6 Å². The normalized spacial score (nSPS) is 10.2. The summed E-state index contributed by atoms with van der Waals surface area (Å²) in [7, 11) is 0. The molecule has 0 saturated heterocycles. The molecule has 0 fully saturated rings. The number of rotatable bonds is 2. The highest BCUT2D eigenvalue weighted by Crippen LogP contribution is 2.20. The molecular formula is C12H9Cl2N3. The number of hydrogen-bond donors (Lipinski definition) is 0. The number of nitrogens with zero attached hydrogens (tertiary/aromatic N) is 3. The van der Waals surface area contributed by atoms with Gasteiger partial charge in [0.2, 0.25) is 0 Å². The van der Waals surface area contributed by atoms with E-state index < -0.39 is 0 Å². The van der Waals surface area contributed by atoms with Gasteiger partial charge in [0.05, 0.1) is 28.5 Å². The molecule has 3 nitrogen and oxygen atoms in total. The first-order valence-electron chi connectivity index (χ1n) is 4.98. The van der Waals surface area contributed by atoms with E-state index >= 15 is 0 Å². The van der Waals surface area contributed by atoms with Crippen LogP contribution in [0.4, 0.5) is 0 Å². The minimum atomic E-state index is 0.242. The van der Waals surface area contributed by atoms with Gasteiger partial charge in [-0.3, -0.25) is 0 Å². The van der Waals surface area contributed by atoms with Crippen LogP contribution in [0.2, 0.25) is 5.02 Å². The summed E-state index contributed by atoms with van der Waals surface area (Å²) in [5, 5.41) is 14.0. The van der Waals surface area contributed by atoms with Crippen LogP contribution in [0.15, 0.2) is 24.3 Å². The van der Waals surface area contributed by atoms with Crippen LogP contribution in [0.1, 0.15) is 17.0 Å². The Balaban J connectivity index is 2.60. The molecule has 86 valence electrons. The largest absolute Gasteiger partial charge is 0.235 e. The van der Waals surface area contributed by atoms with Crippen LogP contribution in [0.3, 0.4) is 0 Å². The monoisotopic (exact) mass is 265 g/mol. The number of aryl methyl sites for hydroxylation is 1. The van der Waals surface area contributed by atoms with Crippen LogP contribution < -0.4 is 0 Å². The zero-order valence-corrected chi connectivity index (χ0v) is 10.6. The molecule has 0 bridgehead atoms. The molecule has 0 aliphatic rings. The van der Waals surface area contributed by atoms with Crippen LogP contribution in [-0.2, 0) is 5.88 Å². The Hall–Kier alpha value is -1.50. The summed E-state index contributed by atoms with van der Waals surface area (Å²) in [6.07, 6.45) is 0. The van der Waals surface area contributed by atoms with Gasteiger partial charge in [0.1, 0.15) is 6.07 Å². The average molecular weight is 266 g/mol. The number of benzene rings is 1. The highest BCUT2D eigenvalue weighted by molar-refractivity contribution is 6.30. The van der Waals surface area contributed by atoms with E-state index in [1.807, 2.05) is 12.1 Å². The number of halogens is 2. The summed E-state index contributed by atoms with van der Waals surface area (Å²) < 4.78 is 1.68. The van der Waals surface area contributed by atoms with E-state index in [-0.39, 0.29) is 5.88 Å². The molecular weight excluding hydrogens is 257 g/mol. The lowest BCUT2D eigenvalue weighted by Gasteiger charge is -2.05.